The van der Waals surface area contributed by atoms with Gasteiger partial charge >= 0.3 is 0 Å². The highest BCUT2D eigenvalue weighted by atomic mass is 16.5. The molecule has 2 saturated heterocycles. The maximum Gasteiger partial charge on any atom is 0.225 e. The average Bonchev–Trinajstić information content (AvgIpc) is 3.63. The third-order valence-corrected chi connectivity index (χ3v) is 6.64. The van der Waals surface area contributed by atoms with E-state index in [1.54, 1.807) is 7.11 Å². The van der Waals surface area contributed by atoms with E-state index in [4.69, 9.17) is 4.74 Å². The van der Waals surface area contributed by atoms with Crippen LogP contribution < -0.4 is 10.1 Å². The third-order valence-electron chi connectivity index (χ3n) is 6.64. The molecule has 0 aromatic heterocycles. The fraction of sp³-hybridized carbons (Fsp3) is 0.652. The lowest BCUT2D eigenvalue weighted by molar-refractivity contribution is -0.134. The van der Waals surface area contributed by atoms with Crippen molar-refractivity contribution < 1.29 is 14.3 Å². The van der Waals surface area contributed by atoms with Gasteiger partial charge in [-0.15, -0.1) is 0 Å². The smallest absolute Gasteiger partial charge is 0.225 e. The number of hydrogen-bond acceptors (Lipinski definition) is 4. The van der Waals surface area contributed by atoms with Crippen LogP contribution in [0.5, 0.6) is 5.75 Å². The summed E-state index contributed by atoms with van der Waals surface area (Å²) in [6, 6.07) is 8.33. The lowest BCUT2D eigenvalue weighted by Gasteiger charge is -2.42. The molecule has 0 unspecified atom stereocenters. The van der Waals surface area contributed by atoms with Crippen molar-refractivity contribution >= 4 is 11.8 Å². The minimum absolute atomic E-state index is 0.0560. The topological polar surface area (TPSA) is 61.9 Å². The minimum atomic E-state index is 0.0560. The number of ether oxygens (including phenoxy) is 1. The van der Waals surface area contributed by atoms with Gasteiger partial charge in [-0.05, 0) is 62.8 Å². The van der Waals surface area contributed by atoms with Crippen molar-refractivity contribution in [2.45, 2.75) is 51.1 Å². The Bertz CT molecular complexity index is 726. The number of nitrogens with one attached hydrogen (secondary N) is 1. The highest BCUT2D eigenvalue weighted by Crippen LogP contribution is 2.32. The molecule has 158 valence electrons. The number of rotatable bonds is 6. The Balaban J connectivity index is 1.24. The van der Waals surface area contributed by atoms with Crippen LogP contribution in [0.4, 0.5) is 0 Å². The Morgan fingerprint density at radius 1 is 1.07 bits per heavy atom. The van der Waals surface area contributed by atoms with Crippen LogP contribution in [0.3, 0.4) is 0 Å². The number of methoxy groups -OCH3 is 1. The molecule has 1 saturated carbocycles. The normalized spacial score (nSPS) is 23.6. The zero-order valence-electron chi connectivity index (χ0n) is 17.4. The quantitative estimate of drug-likeness (QED) is 0.798. The number of piperidine rings is 2. The summed E-state index contributed by atoms with van der Waals surface area (Å²) in [4.78, 5) is 29.6. The highest BCUT2D eigenvalue weighted by molar-refractivity contribution is 5.81. The van der Waals surface area contributed by atoms with Crippen LogP contribution in [-0.4, -0.2) is 60.9 Å². The van der Waals surface area contributed by atoms with Crippen LogP contribution in [0.1, 0.15) is 44.1 Å². The lowest BCUT2D eigenvalue weighted by Crippen LogP contribution is -2.51. The molecule has 0 bridgehead atoms. The fourth-order valence-corrected chi connectivity index (χ4v) is 4.71. The first-order valence-corrected chi connectivity index (χ1v) is 11.1. The molecular weight excluding hydrogens is 366 g/mol. The zero-order chi connectivity index (χ0) is 20.2. The van der Waals surface area contributed by atoms with E-state index in [1.807, 2.05) is 24.3 Å². The summed E-state index contributed by atoms with van der Waals surface area (Å²) in [6.45, 7) is 4.20. The molecule has 1 atom stereocenters. The van der Waals surface area contributed by atoms with Gasteiger partial charge in [-0.3, -0.25) is 14.5 Å². The van der Waals surface area contributed by atoms with Crippen molar-refractivity contribution in [1.82, 2.24) is 15.1 Å². The second-order valence-electron chi connectivity index (χ2n) is 8.73. The molecule has 6 heteroatoms. The lowest BCUT2D eigenvalue weighted by atomic mass is 9.93. The second kappa shape index (κ2) is 9.16. The molecule has 1 aromatic rings. The molecule has 29 heavy (non-hydrogen) atoms. The molecule has 0 radical (unpaired) electrons. The summed E-state index contributed by atoms with van der Waals surface area (Å²) in [5.74, 6) is 1.71. The number of amides is 2. The van der Waals surface area contributed by atoms with Crippen molar-refractivity contribution in [1.29, 1.82) is 0 Å². The third kappa shape index (κ3) is 5.10. The molecule has 2 heterocycles. The number of hydrogen-bond donors (Lipinski definition) is 1. The first kappa shape index (κ1) is 20.2. The predicted molar refractivity (Wildman–Crippen MR) is 111 cm³/mol. The summed E-state index contributed by atoms with van der Waals surface area (Å²) in [5.41, 5.74) is 1.05. The van der Waals surface area contributed by atoms with Crippen LogP contribution >= 0.6 is 0 Å². The van der Waals surface area contributed by atoms with Crippen molar-refractivity contribution in [3.63, 3.8) is 0 Å². The molecular formula is C23H33N3O3. The van der Waals surface area contributed by atoms with Gasteiger partial charge in [0.2, 0.25) is 11.8 Å². The van der Waals surface area contributed by atoms with Gasteiger partial charge < -0.3 is 15.0 Å². The van der Waals surface area contributed by atoms with Crippen molar-refractivity contribution in [2.75, 3.05) is 33.3 Å². The summed E-state index contributed by atoms with van der Waals surface area (Å²) in [6.07, 6.45) is 6.26. The number of likely N-dealkylation sites (tertiary alicyclic amines) is 2. The Labute approximate surface area is 173 Å². The van der Waals surface area contributed by atoms with Gasteiger partial charge in [0.15, 0.2) is 0 Å². The van der Waals surface area contributed by atoms with Crippen molar-refractivity contribution in [2.24, 2.45) is 11.8 Å². The molecule has 1 N–H and O–H groups in total. The van der Waals surface area contributed by atoms with Gasteiger partial charge in [-0.25, -0.2) is 0 Å². The molecule has 1 aliphatic carbocycles. The van der Waals surface area contributed by atoms with E-state index >= 15 is 0 Å². The predicted octanol–water partition coefficient (Wildman–Crippen LogP) is 2.42. The molecule has 2 amide bonds. The Morgan fingerprint density at radius 2 is 1.86 bits per heavy atom. The van der Waals surface area contributed by atoms with E-state index in [2.05, 4.69) is 15.1 Å². The van der Waals surface area contributed by atoms with Gasteiger partial charge in [0, 0.05) is 38.1 Å². The maximum atomic E-state index is 12.8. The van der Waals surface area contributed by atoms with Crippen molar-refractivity contribution in [3.8, 4) is 5.75 Å². The Hall–Kier alpha value is -2.08. The summed E-state index contributed by atoms with van der Waals surface area (Å²) < 4.78 is 5.25. The SMILES string of the molecule is COc1cccc(CNC(=O)[C@@H]2CCCN(C3CCN(C(=O)C4CC4)CC3)C2)c1. The number of carbonyl (C=O) groups excluding carboxylic acids is 2. The summed E-state index contributed by atoms with van der Waals surface area (Å²) in [7, 11) is 1.65. The minimum Gasteiger partial charge on any atom is -0.497 e. The molecule has 3 aliphatic rings. The number of carbonyl (C=O) groups is 2. The van der Waals surface area contributed by atoms with Gasteiger partial charge in [0.05, 0.1) is 13.0 Å². The van der Waals surface area contributed by atoms with Gasteiger partial charge in [0.1, 0.15) is 5.75 Å². The summed E-state index contributed by atoms with van der Waals surface area (Å²) in [5, 5.41) is 3.11. The second-order valence-corrected chi connectivity index (χ2v) is 8.73. The van der Waals surface area contributed by atoms with Crippen LogP contribution in [0.15, 0.2) is 24.3 Å². The number of benzene rings is 1. The van der Waals surface area contributed by atoms with Crippen molar-refractivity contribution in [3.05, 3.63) is 29.8 Å². The average molecular weight is 400 g/mol. The van der Waals surface area contributed by atoms with Gasteiger partial charge in [-0.1, -0.05) is 12.1 Å². The standard InChI is InChI=1S/C23H33N3O3/c1-29-21-6-2-4-17(14-21)15-24-22(27)19-5-3-11-26(16-19)20-9-12-25(13-10-20)23(28)18-7-8-18/h2,4,6,14,18-20H,3,5,7-13,15-16H2,1H3,(H,24,27)/t19-/m1/s1. The first-order chi connectivity index (χ1) is 14.1. The Kier molecular flexibility index (Phi) is 6.38. The van der Waals surface area contributed by atoms with Crippen LogP contribution in [0, 0.1) is 11.8 Å². The molecule has 6 nitrogen and oxygen atoms in total. The van der Waals surface area contributed by atoms with E-state index in [0.717, 1.165) is 76.0 Å². The van der Waals surface area contributed by atoms with E-state index in [9.17, 15) is 9.59 Å². The fourth-order valence-electron chi connectivity index (χ4n) is 4.71. The summed E-state index contributed by atoms with van der Waals surface area (Å²) >= 11 is 0. The molecule has 1 aromatic carbocycles. The molecule has 3 fully saturated rings. The van der Waals surface area contributed by atoms with Gasteiger partial charge in [-0.2, -0.15) is 0 Å². The molecule has 2 aliphatic heterocycles. The monoisotopic (exact) mass is 399 g/mol. The maximum absolute atomic E-state index is 12.8. The van der Waals surface area contributed by atoms with E-state index in [-0.39, 0.29) is 11.8 Å². The van der Waals surface area contributed by atoms with E-state index in [0.29, 0.717) is 24.4 Å². The van der Waals surface area contributed by atoms with Crippen LogP contribution in [0.25, 0.3) is 0 Å². The molecule has 0 spiro atoms. The number of nitrogens with zero attached hydrogens (tertiary/aromatic N) is 2. The van der Waals surface area contributed by atoms with Crippen LogP contribution in [-0.2, 0) is 16.1 Å². The highest BCUT2D eigenvalue weighted by Gasteiger charge is 2.37. The van der Waals surface area contributed by atoms with E-state index in [1.165, 1.54) is 0 Å². The van der Waals surface area contributed by atoms with E-state index < -0.39 is 0 Å². The van der Waals surface area contributed by atoms with Crippen LogP contribution in [0.2, 0.25) is 0 Å². The molecule has 4 rings (SSSR count). The Morgan fingerprint density at radius 3 is 2.59 bits per heavy atom. The first-order valence-electron chi connectivity index (χ1n) is 11.1. The largest absolute Gasteiger partial charge is 0.497 e. The van der Waals surface area contributed by atoms with Gasteiger partial charge in [0.25, 0.3) is 0 Å². The zero-order valence-corrected chi connectivity index (χ0v) is 17.4.